The molecule has 0 atom stereocenters. The molecule has 108 valence electrons. The zero-order chi connectivity index (χ0) is 14.8. The van der Waals surface area contributed by atoms with E-state index >= 15 is 0 Å². The predicted molar refractivity (Wildman–Crippen MR) is 73.8 cm³/mol. The van der Waals surface area contributed by atoms with Crippen LogP contribution in [0, 0.1) is 5.82 Å². The average Bonchev–Trinajstić information content (AvgIpc) is 2.44. The van der Waals surface area contributed by atoms with Crippen LogP contribution in [-0.2, 0) is 0 Å². The first-order chi connectivity index (χ1) is 10.1. The molecule has 1 aliphatic heterocycles. The Kier molecular flexibility index (Phi) is 3.43. The lowest BCUT2D eigenvalue weighted by Gasteiger charge is -2.38. The highest BCUT2D eigenvalue weighted by Gasteiger charge is 2.33. The van der Waals surface area contributed by atoms with Crippen LogP contribution >= 0.6 is 0 Å². The Morgan fingerprint density at radius 1 is 1.19 bits per heavy atom. The Balaban J connectivity index is 1.57. The number of nitrogens with one attached hydrogen (secondary N) is 1. The summed E-state index contributed by atoms with van der Waals surface area (Å²) in [4.78, 5) is 27.3. The van der Waals surface area contributed by atoms with Gasteiger partial charge in [-0.05, 0) is 30.3 Å². The molecule has 1 aromatic carbocycles. The Labute approximate surface area is 120 Å². The standard InChI is InChI=1S/C15H13FN2O3/c16-10-4-6-11(7-5-10)21-12-8-18(9-12)15(20)13-2-1-3-14(19)17-13/h1-7,12H,8-9H2,(H,17,19). The zero-order valence-electron chi connectivity index (χ0n) is 11.1. The van der Waals surface area contributed by atoms with E-state index < -0.39 is 0 Å². The minimum atomic E-state index is -0.319. The van der Waals surface area contributed by atoms with Gasteiger partial charge in [-0.25, -0.2) is 4.39 Å². The van der Waals surface area contributed by atoms with Gasteiger partial charge in [-0.1, -0.05) is 6.07 Å². The molecule has 0 spiro atoms. The lowest BCUT2D eigenvalue weighted by Crippen LogP contribution is -2.56. The van der Waals surface area contributed by atoms with E-state index in [4.69, 9.17) is 4.74 Å². The van der Waals surface area contributed by atoms with Crippen molar-refractivity contribution >= 4 is 5.91 Å². The van der Waals surface area contributed by atoms with Gasteiger partial charge < -0.3 is 14.6 Å². The van der Waals surface area contributed by atoms with Crippen LogP contribution in [0.25, 0.3) is 0 Å². The zero-order valence-corrected chi connectivity index (χ0v) is 11.1. The van der Waals surface area contributed by atoms with Crippen molar-refractivity contribution in [2.45, 2.75) is 6.10 Å². The van der Waals surface area contributed by atoms with Crippen molar-refractivity contribution in [2.75, 3.05) is 13.1 Å². The van der Waals surface area contributed by atoms with Crippen LogP contribution < -0.4 is 10.3 Å². The summed E-state index contributed by atoms with van der Waals surface area (Å²) < 4.78 is 18.4. The number of likely N-dealkylation sites (tertiary alicyclic amines) is 1. The molecule has 0 bridgehead atoms. The van der Waals surface area contributed by atoms with Crippen molar-refractivity contribution in [1.29, 1.82) is 0 Å². The highest BCUT2D eigenvalue weighted by molar-refractivity contribution is 5.92. The van der Waals surface area contributed by atoms with Crippen molar-refractivity contribution in [3.05, 3.63) is 64.3 Å². The number of carbonyl (C=O) groups is 1. The lowest BCUT2D eigenvalue weighted by molar-refractivity contribution is 0.0173. The van der Waals surface area contributed by atoms with E-state index in [9.17, 15) is 14.0 Å². The molecule has 1 saturated heterocycles. The summed E-state index contributed by atoms with van der Waals surface area (Å²) in [5, 5.41) is 0. The number of amides is 1. The number of H-pyrrole nitrogens is 1. The van der Waals surface area contributed by atoms with Gasteiger partial charge in [0.1, 0.15) is 23.4 Å². The molecule has 1 N–H and O–H groups in total. The number of ether oxygens (including phenoxy) is 1. The summed E-state index contributed by atoms with van der Waals surface area (Å²) >= 11 is 0. The largest absolute Gasteiger partial charge is 0.487 e. The minimum absolute atomic E-state index is 0.116. The first-order valence-electron chi connectivity index (χ1n) is 6.52. The molecule has 0 aliphatic carbocycles. The second-order valence-electron chi connectivity index (χ2n) is 4.83. The van der Waals surface area contributed by atoms with Gasteiger partial charge in [0, 0.05) is 6.07 Å². The highest BCUT2D eigenvalue weighted by atomic mass is 19.1. The second kappa shape index (κ2) is 5.40. The molecule has 1 fully saturated rings. The first kappa shape index (κ1) is 13.4. The van der Waals surface area contributed by atoms with E-state index in [1.807, 2.05) is 0 Å². The summed E-state index contributed by atoms with van der Waals surface area (Å²) in [5.41, 5.74) is -0.0387. The summed E-state index contributed by atoms with van der Waals surface area (Å²) in [6, 6.07) is 10.2. The fraction of sp³-hybridized carbons (Fsp3) is 0.200. The number of nitrogens with zero attached hydrogens (tertiary/aromatic N) is 1. The van der Waals surface area contributed by atoms with Crippen LogP contribution in [0.4, 0.5) is 4.39 Å². The summed E-state index contributed by atoms with van der Waals surface area (Å²) in [5.74, 6) is 0.0223. The van der Waals surface area contributed by atoms with Gasteiger partial charge in [-0.3, -0.25) is 9.59 Å². The van der Waals surface area contributed by atoms with Gasteiger partial charge in [-0.2, -0.15) is 0 Å². The van der Waals surface area contributed by atoms with E-state index in [2.05, 4.69) is 4.98 Å². The number of rotatable bonds is 3. The summed E-state index contributed by atoms with van der Waals surface area (Å²) in [6.45, 7) is 0.875. The Morgan fingerprint density at radius 3 is 2.57 bits per heavy atom. The molecular formula is C15H13FN2O3. The van der Waals surface area contributed by atoms with Crippen molar-refractivity contribution < 1.29 is 13.9 Å². The molecule has 21 heavy (non-hydrogen) atoms. The molecule has 1 aromatic heterocycles. The maximum absolute atomic E-state index is 12.8. The molecule has 1 amide bonds. The highest BCUT2D eigenvalue weighted by Crippen LogP contribution is 2.19. The first-order valence-corrected chi connectivity index (χ1v) is 6.52. The third-order valence-electron chi connectivity index (χ3n) is 3.25. The van der Waals surface area contributed by atoms with Gasteiger partial charge in [0.25, 0.3) is 5.91 Å². The monoisotopic (exact) mass is 288 g/mol. The van der Waals surface area contributed by atoms with Gasteiger partial charge in [0.05, 0.1) is 13.1 Å². The quantitative estimate of drug-likeness (QED) is 0.929. The molecule has 3 rings (SSSR count). The van der Waals surface area contributed by atoms with Crippen LogP contribution in [0.5, 0.6) is 5.75 Å². The maximum atomic E-state index is 12.8. The summed E-state index contributed by atoms with van der Waals surface area (Å²) in [6.07, 6.45) is -0.116. The number of aromatic nitrogens is 1. The average molecular weight is 288 g/mol. The normalized spacial score (nSPS) is 14.6. The lowest BCUT2D eigenvalue weighted by atomic mass is 10.1. The number of hydrogen-bond donors (Lipinski definition) is 1. The van der Waals surface area contributed by atoms with Crippen LogP contribution in [0.15, 0.2) is 47.3 Å². The van der Waals surface area contributed by atoms with E-state index in [1.54, 1.807) is 29.2 Å². The van der Waals surface area contributed by atoms with Gasteiger partial charge in [-0.15, -0.1) is 0 Å². The van der Waals surface area contributed by atoms with Crippen LogP contribution in [-0.4, -0.2) is 35.0 Å². The van der Waals surface area contributed by atoms with Crippen molar-refractivity contribution in [3.8, 4) is 5.75 Å². The SMILES string of the molecule is O=C(c1cccc(=O)[nH]1)N1CC(Oc2ccc(F)cc2)C1. The number of pyridine rings is 1. The van der Waals surface area contributed by atoms with Crippen molar-refractivity contribution in [2.24, 2.45) is 0 Å². The van der Waals surface area contributed by atoms with Crippen LogP contribution in [0.2, 0.25) is 0 Å². The summed E-state index contributed by atoms with van der Waals surface area (Å²) in [7, 11) is 0. The van der Waals surface area contributed by atoms with Crippen LogP contribution in [0.3, 0.4) is 0 Å². The molecule has 0 saturated carbocycles. The molecule has 0 radical (unpaired) electrons. The van der Waals surface area contributed by atoms with E-state index in [0.29, 0.717) is 18.8 Å². The molecule has 2 aromatic rings. The fourth-order valence-corrected chi connectivity index (χ4v) is 2.13. The number of halogens is 1. The van der Waals surface area contributed by atoms with Gasteiger partial charge >= 0.3 is 0 Å². The Morgan fingerprint density at radius 2 is 1.90 bits per heavy atom. The number of aromatic amines is 1. The Bertz CT molecular complexity index is 705. The molecule has 2 heterocycles. The van der Waals surface area contributed by atoms with Crippen molar-refractivity contribution in [3.63, 3.8) is 0 Å². The number of hydrogen-bond acceptors (Lipinski definition) is 3. The third kappa shape index (κ3) is 2.94. The van der Waals surface area contributed by atoms with Crippen LogP contribution in [0.1, 0.15) is 10.5 Å². The smallest absolute Gasteiger partial charge is 0.270 e. The minimum Gasteiger partial charge on any atom is -0.487 e. The molecule has 1 aliphatic rings. The van der Waals surface area contributed by atoms with Gasteiger partial charge in [0.2, 0.25) is 5.56 Å². The third-order valence-corrected chi connectivity index (χ3v) is 3.25. The predicted octanol–water partition coefficient (Wildman–Crippen LogP) is 1.42. The van der Waals surface area contributed by atoms with E-state index in [1.165, 1.54) is 18.2 Å². The Hall–Kier alpha value is -2.63. The maximum Gasteiger partial charge on any atom is 0.270 e. The molecular weight excluding hydrogens is 275 g/mol. The van der Waals surface area contributed by atoms with E-state index in [-0.39, 0.29) is 29.1 Å². The number of benzene rings is 1. The molecule has 0 unspecified atom stereocenters. The topological polar surface area (TPSA) is 62.4 Å². The number of carbonyl (C=O) groups excluding carboxylic acids is 1. The molecule has 6 heteroatoms. The second-order valence-corrected chi connectivity index (χ2v) is 4.83. The van der Waals surface area contributed by atoms with Crippen molar-refractivity contribution in [1.82, 2.24) is 9.88 Å². The van der Waals surface area contributed by atoms with Gasteiger partial charge in [0.15, 0.2) is 0 Å². The van der Waals surface area contributed by atoms with E-state index in [0.717, 1.165) is 0 Å². The molecule has 5 nitrogen and oxygen atoms in total. The fourth-order valence-electron chi connectivity index (χ4n) is 2.13.